The maximum Gasteiger partial charge on any atom is 0.239 e. The van der Waals surface area contributed by atoms with Crippen molar-refractivity contribution in [2.75, 3.05) is 19.8 Å². The predicted octanol–water partition coefficient (Wildman–Crippen LogP) is 3.63. The molecule has 2 heterocycles. The van der Waals surface area contributed by atoms with Gasteiger partial charge in [0.15, 0.2) is 14.6 Å². The maximum absolute atomic E-state index is 13.2. The lowest BCUT2D eigenvalue weighted by molar-refractivity contribution is -0.122. The number of carbonyl (C=O) groups is 1. The molecule has 4 rings (SSSR count). The summed E-state index contributed by atoms with van der Waals surface area (Å²) in [5.41, 5.74) is 7.65. The number of sulfone groups is 1. The number of primary amides is 1. The Morgan fingerprint density at radius 2 is 1.79 bits per heavy atom. The van der Waals surface area contributed by atoms with E-state index in [0.29, 0.717) is 12.4 Å². The van der Waals surface area contributed by atoms with Gasteiger partial charge in [0.1, 0.15) is 10.8 Å². The van der Waals surface area contributed by atoms with Crippen molar-refractivity contribution >= 4 is 27.1 Å². The first-order chi connectivity index (χ1) is 15.9. The quantitative estimate of drug-likeness (QED) is 0.463. The molecule has 0 aliphatic carbocycles. The van der Waals surface area contributed by atoms with Gasteiger partial charge in [-0.05, 0) is 49.9 Å². The fourth-order valence-electron chi connectivity index (χ4n) is 3.87. The van der Waals surface area contributed by atoms with Crippen LogP contribution in [0.15, 0.2) is 64.9 Å². The molecule has 1 amide bonds. The standard InChI is InChI=1S/C24H26N2O5S2/c25-23(27)24(12-15-30-16-13-24)33(28,29)21-10-8-20(9-11-21)31-14-4-7-19-17-32-22(26-19)18-5-2-1-3-6-18/h1-3,5-6,8-11,17H,4,7,12-16H2,(H2,25,27). The van der Waals surface area contributed by atoms with Crippen molar-refractivity contribution < 1.29 is 22.7 Å². The van der Waals surface area contributed by atoms with E-state index in [0.717, 1.165) is 29.1 Å². The highest BCUT2D eigenvalue weighted by molar-refractivity contribution is 7.93. The zero-order chi connectivity index (χ0) is 23.3. The number of benzene rings is 2. The SMILES string of the molecule is NC(=O)C1(S(=O)(=O)c2ccc(OCCCc3csc(-c4ccccc4)n3)cc2)CCOCC1. The van der Waals surface area contributed by atoms with Crippen LogP contribution in [0.5, 0.6) is 5.75 Å². The molecular formula is C24H26N2O5S2. The van der Waals surface area contributed by atoms with Gasteiger partial charge in [-0.15, -0.1) is 11.3 Å². The third-order valence-electron chi connectivity index (χ3n) is 5.82. The predicted molar refractivity (Wildman–Crippen MR) is 127 cm³/mol. The average molecular weight is 487 g/mol. The van der Waals surface area contributed by atoms with Crippen molar-refractivity contribution in [1.29, 1.82) is 0 Å². The summed E-state index contributed by atoms with van der Waals surface area (Å²) in [7, 11) is -3.94. The van der Waals surface area contributed by atoms with Crippen LogP contribution >= 0.6 is 11.3 Å². The Morgan fingerprint density at radius 1 is 1.09 bits per heavy atom. The van der Waals surface area contributed by atoms with E-state index >= 15 is 0 Å². The summed E-state index contributed by atoms with van der Waals surface area (Å²) in [4.78, 5) is 16.8. The minimum Gasteiger partial charge on any atom is -0.494 e. The summed E-state index contributed by atoms with van der Waals surface area (Å²) in [5, 5.41) is 3.06. The van der Waals surface area contributed by atoms with Gasteiger partial charge < -0.3 is 15.2 Å². The number of aromatic nitrogens is 1. The molecular weight excluding hydrogens is 460 g/mol. The molecule has 0 atom stereocenters. The number of nitrogens with two attached hydrogens (primary N) is 1. The number of hydrogen-bond acceptors (Lipinski definition) is 7. The van der Waals surface area contributed by atoms with Crippen molar-refractivity contribution in [3.05, 3.63) is 65.7 Å². The molecule has 0 bridgehead atoms. The van der Waals surface area contributed by atoms with Crippen molar-refractivity contribution in [3.63, 3.8) is 0 Å². The molecule has 0 unspecified atom stereocenters. The minimum absolute atomic E-state index is 0.0610. The second-order valence-corrected chi connectivity index (χ2v) is 11.0. The highest BCUT2D eigenvalue weighted by Crippen LogP contribution is 2.35. The molecule has 2 aromatic carbocycles. The van der Waals surface area contributed by atoms with Crippen molar-refractivity contribution in [3.8, 4) is 16.3 Å². The van der Waals surface area contributed by atoms with Crippen LogP contribution in [-0.2, 0) is 25.8 Å². The Balaban J connectivity index is 1.33. The molecule has 3 aromatic rings. The molecule has 1 saturated heterocycles. The Hall–Kier alpha value is -2.75. The molecule has 2 N–H and O–H groups in total. The third-order valence-corrected chi connectivity index (χ3v) is 9.29. The molecule has 1 fully saturated rings. The van der Waals surface area contributed by atoms with E-state index in [2.05, 4.69) is 10.4 Å². The molecule has 0 saturated carbocycles. The Bertz CT molecular complexity index is 1190. The largest absolute Gasteiger partial charge is 0.494 e. The summed E-state index contributed by atoms with van der Waals surface area (Å²) >= 11 is 1.62. The smallest absolute Gasteiger partial charge is 0.239 e. The first-order valence-electron chi connectivity index (χ1n) is 10.8. The van der Waals surface area contributed by atoms with Crippen LogP contribution in [0.1, 0.15) is 25.0 Å². The summed E-state index contributed by atoms with van der Waals surface area (Å²) in [5.74, 6) is -0.263. The monoisotopic (exact) mass is 486 g/mol. The molecule has 1 aromatic heterocycles. The van der Waals surface area contributed by atoms with Gasteiger partial charge in [-0.3, -0.25) is 4.79 Å². The van der Waals surface area contributed by atoms with Crippen LogP contribution in [0.3, 0.4) is 0 Å². The Morgan fingerprint density at radius 3 is 2.45 bits per heavy atom. The summed E-state index contributed by atoms with van der Waals surface area (Å²) in [6.07, 6.45) is 1.69. The number of rotatable bonds is 9. The average Bonchev–Trinajstić information content (AvgIpc) is 3.32. The van der Waals surface area contributed by atoms with E-state index in [1.807, 2.05) is 30.3 Å². The highest BCUT2D eigenvalue weighted by atomic mass is 32.2. The first kappa shape index (κ1) is 23.4. The van der Waals surface area contributed by atoms with Gasteiger partial charge in [0.2, 0.25) is 5.91 Å². The van der Waals surface area contributed by atoms with Crippen LogP contribution in [0, 0.1) is 0 Å². The molecule has 9 heteroatoms. The van der Waals surface area contributed by atoms with E-state index in [9.17, 15) is 13.2 Å². The van der Waals surface area contributed by atoms with E-state index < -0.39 is 20.5 Å². The normalized spacial score (nSPS) is 15.8. The molecule has 33 heavy (non-hydrogen) atoms. The van der Waals surface area contributed by atoms with Crippen molar-refractivity contribution in [1.82, 2.24) is 4.98 Å². The number of ether oxygens (including phenoxy) is 2. The van der Waals surface area contributed by atoms with E-state index in [4.69, 9.17) is 15.2 Å². The Kier molecular flexibility index (Phi) is 7.11. The van der Waals surface area contributed by atoms with Gasteiger partial charge in [0.05, 0.1) is 17.2 Å². The van der Waals surface area contributed by atoms with Gasteiger partial charge in [0, 0.05) is 24.2 Å². The molecule has 0 radical (unpaired) electrons. The van der Waals surface area contributed by atoms with Crippen molar-refractivity contribution in [2.45, 2.75) is 35.3 Å². The van der Waals surface area contributed by atoms with Crippen LogP contribution < -0.4 is 10.5 Å². The van der Waals surface area contributed by atoms with E-state index in [1.165, 1.54) is 12.1 Å². The number of amides is 1. The van der Waals surface area contributed by atoms with Gasteiger partial charge in [-0.1, -0.05) is 30.3 Å². The lowest BCUT2D eigenvalue weighted by Gasteiger charge is -2.33. The van der Waals surface area contributed by atoms with Crippen molar-refractivity contribution in [2.24, 2.45) is 5.73 Å². The molecule has 174 valence electrons. The maximum atomic E-state index is 13.2. The number of aryl methyl sites for hydroxylation is 1. The summed E-state index contributed by atoms with van der Waals surface area (Å²) < 4.78 is 35.7. The van der Waals surface area contributed by atoms with Crippen LogP contribution in [0.4, 0.5) is 0 Å². The fraction of sp³-hybridized carbons (Fsp3) is 0.333. The second-order valence-electron chi connectivity index (χ2n) is 7.91. The molecule has 7 nitrogen and oxygen atoms in total. The van der Waals surface area contributed by atoms with Gasteiger partial charge in [-0.2, -0.15) is 0 Å². The molecule has 1 aliphatic heterocycles. The van der Waals surface area contributed by atoms with Gasteiger partial charge in [-0.25, -0.2) is 13.4 Å². The minimum atomic E-state index is -3.94. The van der Waals surface area contributed by atoms with Crippen LogP contribution in [0.2, 0.25) is 0 Å². The molecule has 0 spiro atoms. The van der Waals surface area contributed by atoms with Crippen LogP contribution in [0.25, 0.3) is 10.6 Å². The number of carbonyl (C=O) groups excluding carboxylic acids is 1. The first-order valence-corrected chi connectivity index (χ1v) is 13.1. The zero-order valence-electron chi connectivity index (χ0n) is 18.1. The number of thiazole rings is 1. The summed E-state index contributed by atoms with van der Waals surface area (Å²) in [6, 6.07) is 16.2. The third kappa shape index (κ3) is 4.95. The molecule has 1 aliphatic rings. The lowest BCUT2D eigenvalue weighted by atomic mass is 9.98. The second kappa shape index (κ2) is 10.0. The number of hydrogen-bond donors (Lipinski definition) is 1. The van der Waals surface area contributed by atoms with Gasteiger partial charge in [0.25, 0.3) is 0 Å². The fourth-order valence-corrected chi connectivity index (χ4v) is 6.64. The van der Waals surface area contributed by atoms with Gasteiger partial charge >= 0.3 is 0 Å². The lowest BCUT2D eigenvalue weighted by Crippen LogP contribution is -2.53. The van der Waals surface area contributed by atoms with E-state index in [1.54, 1.807) is 23.5 Å². The van der Waals surface area contributed by atoms with E-state index in [-0.39, 0.29) is 31.0 Å². The van der Waals surface area contributed by atoms with Crippen LogP contribution in [-0.4, -0.2) is 43.9 Å². The summed E-state index contributed by atoms with van der Waals surface area (Å²) in [6.45, 7) is 0.858. The zero-order valence-corrected chi connectivity index (χ0v) is 19.7. The highest BCUT2D eigenvalue weighted by Gasteiger charge is 2.51. The topological polar surface area (TPSA) is 109 Å². The number of nitrogens with zero attached hydrogens (tertiary/aromatic N) is 1. The Labute approximate surface area is 197 Å².